The molecule has 1 unspecified atom stereocenters. The zero-order valence-electron chi connectivity index (χ0n) is 14.3. The summed E-state index contributed by atoms with van der Waals surface area (Å²) >= 11 is 0. The van der Waals surface area contributed by atoms with E-state index in [0.717, 1.165) is 11.6 Å². The number of hydrogen-bond donors (Lipinski definition) is 1. The van der Waals surface area contributed by atoms with Crippen LogP contribution in [0.4, 0.5) is 0 Å². The fraction of sp³-hybridized carbons (Fsp3) is 0.684. The molecule has 1 amide bonds. The summed E-state index contributed by atoms with van der Waals surface area (Å²) in [5.41, 5.74) is 2.14. The third-order valence-corrected chi connectivity index (χ3v) is 5.27. The van der Waals surface area contributed by atoms with Crippen LogP contribution >= 0.6 is 0 Å². The molecule has 4 heteroatoms. The molecule has 1 aliphatic carbocycles. The van der Waals surface area contributed by atoms with Crippen LogP contribution in [0.15, 0.2) is 18.2 Å². The summed E-state index contributed by atoms with van der Waals surface area (Å²) in [6.07, 6.45) is 9.53. The average molecular weight is 315 g/mol. The van der Waals surface area contributed by atoms with Gasteiger partial charge in [-0.2, -0.15) is 0 Å². The second-order valence-electron chi connectivity index (χ2n) is 7.12. The summed E-state index contributed by atoms with van der Waals surface area (Å²) in [6, 6.07) is 6.70. The van der Waals surface area contributed by atoms with Gasteiger partial charge in [0.05, 0.1) is 24.0 Å². The Morgan fingerprint density at radius 1 is 1.22 bits per heavy atom. The van der Waals surface area contributed by atoms with Crippen LogP contribution < -0.4 is 5.32 Å². The number of aromatic nitrogens is 1. The van der Waals surface area contributed by atoms with Crippen molar-refractivity contribution < 1.29 is 4.79 Å². The van der Waals surface area contributed by atoms with Crippen LogP contribution in [0, 0.1) is 5.92 Å². The maximum absolute atomic E-state index is 11.1. The fourth-order valence-electron chi connectivity index (χ4n) is 4.08. The predicted molar refractivity (Wildman–Crippen MR) is 91.9 cm³/mol. The molecule has 1 saturated carbocycles. The Kier molecular flexibility index (Phi) is 5.65. The lowest BCUT2D eigenvalue weighted by Gasteiger charge is -2.30. The van der Waals surface area contributed by atoms with Crippen LogP contribution in [-0.2, 0) is 11.3 Å². The molecule has 1 atom stereocenters. The van der Waals surface area contributed by atoms with Crippen molar-refractivity contribution in [3.05, 3.63) is 29.6 Å². The van der Waals surface area contributed by atoms with E-state index in [-0.39, 0.29) is 5.91 Å². The van der Waals surface area contributed by atoms with Gasteiger partial charge in [0.15, 0.2) is 0 Å². The molecule has 2 fully saturated rings. The normalized spacial score (nSPS) is 23.1. The van der Waals surface area contributed by atoms with Crippen LogP contribution in [0.1, 0.15) is 69.3 Å². The van der Waals surface area contributed by atoms with Gasteiger partial charge in [0, 0.05) is 13.5 Å². The number of likely N-dealkylation sites (tertiary alicyclic amines) is 1. The van der Waals surface area contributed by atoms with Gasteiger partial charge in [-0.3, -0.25) is 14.7 Å². The van der Waals surface area contributed by atoms with Crippen LogP contribution in [0.3, 0.4) is 0 Å². The van der Waals surface area contributed by atoms with Crippen molar-refractivity contribution in [2.75, 3.05) is 13.1 Å². The zero-order valence-corrected chi connectivity index (χ0v) is 14.3. The maximum Gasteiger partial charge on any atom is 0.217 e. The maximum atomic E-state index is 11.1. The Morgan fingerprint density at radius 2 is 2.04 bits per heavy atom. The first-order valence-corrected chi connectivity index (χ1v) is 9.16. The number of rotatable bonds is 5. The molecule has 4 nitrogen and oxygen atoms in total. The van der Waals surface area contributed by atoms with Gasteiger partial charge in [-0.05, 0) is 50.3 Å². The van der Waals surface area contributed by atoms with E-state index in [1.807, 2.05) is 6.07 Å². The minimum absolute atomic E-state index is 0.00278. The van der Waals surface area contributed by atoms with Crippen molar-refractivity contribution in [1.82, 2.24) is 15.2 Å². The SMILES string of the molecule is CC(=O)NCc1cccc(C2CCCN2CC2CCCCC2)n1. The minimum atomic E-state index is -0.00278. The number of amides is 1. The van der Waals surface area contributed by atoms with E-state index in [2.05, 4.69) is 22.3 Å². The van der Waals surface area contributed by atoms with Gasteiger partial charge in [0.2, 0.25) is 5.91 Å². The third-order valence-electron chi connectivity index (χ3n) is 5.27. The topological polar surface area (TPSA) is 45.2 Å². The van der Waals surface area contributed by atoms with Gasteiger partial charge in [0.1, 0.15) is 0 Å². The smallest absolute Gasteiger partial charge is 0.217 e. The summed E-state index contributed by atoms with van der Waals surface area (Å²) in [5, 5.41) is 2.84. The standard InChI is InChI=1S/C19H29N3O/c1-15(23)20-13-17-9-5-10-18(21-17)19-11-6-12-22(19)14-16-7-3-2-4-8-16/h5,9-10,16,19H,2-4,6-8,11-14H2,1H3,(H,20,23). The van der Waals surface area contributed by atoms with E-state index in [9.17, 15) is 4.79 Å². The molecule has 1 aromatic rings. The average Bonchev–Trinajstić information content (AvgIpc) is 3.02. The van der Waals surface area contributed by atoms with E-state index >= 15 is 0 Å². The summed E-state index contributed by atoms with van der Waals surface area (Å²) < 4.78 is 0. The van der Waals surface area contributed by atoms with Crippen molar-refractivity contribution in [3.8, 4) is 0 Å². The number of carbonyl (C=O) groups excluding carboxylic acids is 1. The first-order chi connectivity index (χ1) is 11.2. The molecule has 1 aliphatic heterocycles. The predicted octanol–water partition coefficient (Wildman–Crippen LogP) is 3.43. The monoisotopic (exact) mass is 315 g/mol. The lowest BCUT2D eigenvalue weighted by atomic mass is 9.88. The number of nitrogens with one attached hydrogen (secondary N) is 1. The number of carbonyl (C=O) groups is 1. The van der Waals surface area contributed by atoms with E-state index in [1.165, 1.54) is 63.7 Å². The van der Waals surface area contributed by atoms with Crippen molar-refractivity contribution >= 4 is 5.91 Å². The van der Waals surface area contributed by atoms with E-state index in [0.29, 0.717) is 12.6 Å². The Morgan fingerprint density at radius 3 is 2.83 bits per heavy atom. The molecule has 126 valence electrons. The molecule has 23 heavy (non-hydrogen) atoms. The Labute approximate surface area is 139 Å². The van der Waals surface area contributed by atoms with E-state index in [4.69, 9.17) is 4.98 Å². The molecule has 0 aromatic carbocycles. The number of hydrogen-bond acceptors (Lipinski definition) is 3. The van der Waals surface area contributed by atoms with Crippen LogP contribution in [-0.4, -0.2) is 28.9 Å². The summed E-state index contributed by atoms with van der Waals surface area (Å²) in [5.74, 6) is 0.879. The van der Waals surface area contributed by atoms with Gasteiger partial charge in [-0.1, -0.05) is 25.3 Å². The van der Waals surface area contributed by atoms with Crippen LogP contribution in [0.2, 0.25) is 0 Å². The molecule has 1 aromatic heterocycles. The highest BCUT2D eigenvalue weighted by molar-refractivity contribution is 5.72. The summed E-state index contributed by atoms with van der Waals surface area (Å²) in [7, 11) is 0. The second-order valence-corrected chi connectivity index (χ2v) is 7.12. The van der Waals surface area contributed by atoms with E-state index in [1.54, 1.807) is 6.92 Å². The highest BCUT2D eigenvalue weighted by atomic mass is 16.1. The summed E-state index contributed by atoms with van der Waals surface area (Å²) in [4.78, 5) is 18.6. The quantitative estimate of drug-likeness (QED) is 0.905. The molecular weight excluding hydrogens is 286 g/mol. The minimum Gasteiger partial charge on any atom is -0.351 e. The molecule has 3 rings (SSSR count). The Hall–Kier alpha value is -1.42. The molecule has 2 aliphatic rings. The van der Waals surface area contributed by atoms with Gasteiger partial charge >= 0.3 is 0 Å². The lowest BCUT2D eigenvalue weighted by molar-refractivity contribution is -0.119. The molecule has 0 bridgehead atoms. The zero-order chi connectivity index (χ0) is 16.1. The van der Waals surface area contributed by atoms with Crippen molar-refractivity contribution in [2.45, 2.75) is 64.5 Å². The lowest BCUT2D eigenvalue weighted by Crippen LogP contribution is -2.31. The third kappa shape index (κ3) is 4.54. The van der Waals surface area contributed by atoms with Crippen molar-refractivity contribution in [1.29, 1.82) is 0 Å². The molecular formula is C19H29N3O. The number of nitrogens with zero attached hydrogens (tertiary/aromatic N) is 2. The fourth-order valence-corrected chi connectivity index (χ4v) is 4.08. The van der Waals surface area contributed by atoms with E-state index < -0.39 is 0 Å². The van der Waals surface area contributed by atoms with Crippen molar-refractivity contribution in [3.63, 3.8) is 0 Å². The van der Waals surface area contributed by atoms with Crippen LogP contribution in [0.5, 0.6) is 0 Å². The van der Waals surface area contributed by atoms with Gasteiger partial charge in [-0.25, -0.2) is 0 Å². The van der Waals surface area contributed by atoms with Gasteiger partial charge < -0.3 is 5.32 Å². The van der Waals surface area contributed by atoms with Gasteiger partial charge in [0.25, 0.3) is 0 Å². The second kappa shape index (κ2) is 7.91. The largest absolute Gasteiger partial charge is 0.351 e. The first kappa shape index (κ1) is 16.4. The highest BCUT2D eigenvalue weighted by Crippen LogP contribution is 2.34. The molecule has 2 heterocycles. The van der Waals surface area contributed by atoms with Gasteiger partial charge in [-0.15, -0.1) is 0 Å². The highest BCUT2D eigenvalue weighted by Gasteiger charge is 2.29. The molecule has 1 N–H and O–H groups in total. The summed E-state index contributed by atoms with van der Waals surface area (Å²) in [6.45, 7) is 4.52. The Bertz CT molecular complexity index is 525. The van der Waals surface area contributed by atoms with Crippen LogP contribution in [0.25, 0.3) is 0 Å². The van der Waals surface area contributed by atoms with Crippen molar-refractivity contribution in [2.24, 2.45) is 5.92 Å². The number of pyridine rings is 1. The molecule has 0 radical (unpaired) electrons. The first-order valence-electron chi connectivity index (χ1n) is 9.16. The molecule has 1 saturated heterocycles. The Balaban J connectivity index is 1.64. The molecule has 0 spiro atoms.